The van der Waals surface area contributed by atoms with Crippen LogP contribution in [0.1, 0.15) is 38.5 Å². The largest absolute Gasteiger partial charge is 0.342 e. The zero-order valence-corrected chi connectivity index (χ0v) is 12.2. The summed E-state index contributed by atoms with van der Waals surface area (Å²) in [7, 11) is 5.96. The summed E-state index contributed by atoms with van der Waals surface area (Å²) in [6.07, 6.45) is 7.36. The molecule has 0 aliphatic heterocycles. The van der Waals surface area contributed by atoms with Crippen LogP contribution in [0.5, 0.6) is 0 Å². The highest BCUT2D eigenvalue weighted by atomic mass is 16.2. The van der Waals surface area contributed by atoms with Crippen LogP contribution < -0.4 is 5.32 Å². The molecule has 1 fully saturated rings. The molecule has 0 spiro atoms. The van der Waals surface area contributed by atoms with Crippen LogP contribution in [0.2, 0.25) is 0 Å². The SMILES string of the molecule is CNCCCN(C)CC(=O)N(C)C1CCCCC1. The molecule has 1 aliphatic carbocycles. The normalized spacial score (nSPS) is 17.1. The van der Waals surface area contributed by atoms with Crippen molar-refractivity contribution in [2.45, 2.75) is 44.6 Å². The van der Waals surface area contributed by atoms with Crippen molar-refractivity contribution in [1.29, 1.82) is 0 Å². The van der Waals surface area contributed by atoms with Crippen LogP contribution in [-0.4, -0.2) is 62.5 Å². The molecule has 0 unspecified atom stereocenters. The maximum atomic E-state index is 12.2. The Morgan fingerprint density at radius 2 is 1.89 bits per heavy atom. The number of carbonyl (C=O) groups excluding carboxylic acids is 1. The summed E-state index contributed by atoms with van der Waals surface area (Å²) < 4.78 is 0. The Bertz CT molecular complexity index is 239. The van der Waals surface area contributed by atoms with Gasteiger partial charge in [0.15, 0.2) is 0 Å². The summed E-state index contributed by atoms with van der Waals surface area (Å²) in [5.74, 6) is 0.272. The number of nitrogens with zero attached hydrogens (tertiary/aromatic N) is 2. The average Bonchev–Trinajstić information content (AvgIpc) is 2.39. The molecule has 1 saturated carbocycles. The van der Waals surface area contributed by atoms with Crippen molar-refractivity contribution in [2.75, 3.05) is 40.8 Å². The second kappa shape index (κ2) is 8.48. The maximum Gasteiger partial charge on any atom is 0.236 e. The lowest BCUT2D eigenvalue weighted by molar-refractivity contribution is -0.133. The summed E-state index contributed by atoms with van der Waals surface area (Å²) in [5.41, 5.74) is 0. The molecule has 1 N–H and O–H groups in total. The van der Waals surface area contributed by atoms with Crippen molar-refractivity contribution < 1.29 is 4.79 Å². The van der Waals surface area contributed by atoms with Crippen molar-refractivity contribution in [3.63, 3.8) is 0 Å². The Hall–Kier alpha value is -0.610. The summed E-state index contributed by atoms with van der Waals surface area (Å²) >= 11 is 0. The van der Waals surface area contributed by atoms with Gasteiger partial charge in [-0.05, 0) is 46.4 Å². The molecule has 18 heavy (non-hydrogen) atoms. The van der Waals surface area contributed by atoms with Gasteiger partial charge in [0.25, 0.3) is 0 Å². The third-order valence-corrected chi connectivity index (χ3v) is 3.89. The van der Waals surface area contributed by atoms with E-state index in [4.69, 9.17) is 0 Å². The Morgan fingerprint density at radius 3 is 2.50 bits per heavy atom. The van der Waals surface area contributed by atoms with Crippen LogP contribution >= 0.6 is 0 Å². The molecule has 1 amide bonds. The van der Waals surface area contributed by atoms with E-state index in [9.17, 15) is 4.79 Å². The molecule has 106 valence electrons. The van der Waals surface area contributed by atoms with Gasteiger partial charge >= 0.3 is 0 Å². The molecule has 4 nitrogen and oxygen atoms in total. The summed E-state index contributed by atoms with van der Waals surface area (Å²) in [4.78, 5) is 16.3. The third kappa shape index (κ3) is 5.36. The average molecular weight is 255 g/mol. The van der Waals surface area contributed by atoms with E-state index in [0.29, 0.717) is 12.6 Å². The van der Waals surface area contributed by atoms with Crippen LogP contribution in [-0.2, 0) is 4.79 Å². The number of carbonyl (C=O) groups is 1. The molecule has 0 radical (unpaired) electrons. The number of rotatable bonds is 7. The summed E-state index contributed by atoms with van der Waals surface area (Å²) in [5, 5.41) is 3.13. The van der Waals surface area contributed by atoms with E-state index in [1.165, 1.54) is 32.1 Å². The van der Waals surface area contributed by atoms with E-state index in [0.717, 1.165) is 19.5 Å². The second-order valence-electron chi connectivity index (χ2n) is 5.49. The van der Waals surface area contributed by atoms with Crippen LogP contribution in [0.15, 0.2) is 0 Å². The fraction of sp³-hybridized carbons (Fsp3) is 0.929. The molecule has 0 bridgehead atoms. The fourth-order valence-electron chi connectivity index (χ4n) is 2.62. The molecule has 0 aromatic carbocycles. The van der Waals surface area contributed by atoms with Crippen LogP contribution in [0, 0.1) is 0 Å². The summed E-state index contributed by atoms with van der Waals surface area (Å²) in [6, 6.07) is 0.483. The number of nitrogens with one attached hydrogen (secondary N) is 1. The van der Waals surface area contributed by atoms with Gasteiger partial charge in [-0.15, -0.1) is 0 Å². The van der Waals surface area contributed by atoms with E-state index in [1.54, 1.807) is 0 Å². The zero-order chi connectivity index (χ0) is 13.4. The molecule has 0 saturated heterocycles. The lowest BCUT2D eigenvalue weighted by Crippen LogP contribution is -2.43. The van der Waals surface area contributed by atoms with E-state index in [-0.39, 0.29) is 5.91 Å². The Morgan fingerprint density at radius 1 is 1.22 bits per heavy atom. The maximum absolute atomic E-state index is 12.2. The van der Waals surface area contributed by atoms with Crippen molar-refractivity contribution in [1.82, 2.24) is 15.1 Å². The molecule has 0 aromatic heterocycles. The Balaban J connectivity index is 2.25. The van der Waals surface area contributed by atoms with E-state index in [2.05, 4.69) is 10.2 Å². The lowest BCUT2D eigenvalue weighted by atomic mass is 9.94. The molecule has 1 aliphatic rings. The highest BCUT2D eigenvalue weighted by molar-refractivity contribution is 5.78. The van der Waals surface area contributed by atoms with Gasteiger partial charge in [-0.25, -0.2) is 0 Å². The molecule has 1 rings (SSSR count). The van der Waals surface area contributed by atoms with Gasteiger partial charge in [0.05, 0.1) is 6.54 Å². The van der Waals surface area contributed by atoms with Crippen molar-refractivity contribution >= 4 is 5.91 Å². The van der Waals surface area contributed by atoms with Gasteiger partial charge in [-0.1, -0.05) is 19.3 Å². The number of hydrogen-bond donors (Lipinski definition) is 1. The van der Waals surface area contributed by atoms with Gasteiger partial charge in [-0.2, -0.15) is 0 Å². The van der Waals surface area contributed by atoms with Crippen LogP contribution in [0.4, 0.5) is 0 Å². The first kappa shape index (κ1) is 15.4. The molecular formula is C14H29N3O. The van der Waals surface area contributed by atoms with Crippen molar-refractivity contribution in [3.05, 3.63) is 0 Å². The molecule has 0 heterocycles. The lowest BCUT2D eigenvalue weighted by Gasteiger charge is -2.32. The summed E-state index contributed by atoms with van der Waals surface area (Å²) in [6.45, 7) is 2.54. The highest BCUT2D eigenvalue weighted by Crippen LogP contribution is 2.21. The second-order valence-corrected chi connectivity index (χ2v) is 5.49. The van der Waals surface area contributed by atoms with Gasteiger partial charge in [-0.3, -0.25) is 9.69 Å². The standard InChI is InChI=1S/C14H29N3O/c1-15-10-7-11-16(2)12-14(18)17(3)13-8-5-4-6-9-13/h13,15H,4-12H2,1-3H3. The predicted octanol–water partition coefficient (Wildman–Crippen LogP) is 1.32. The minimum atomic E-state index is 0.272. The predicted molar refractivity (Wildman–Crippen MR) is 75.7 cm³/mol. The Labute approximate surface area is 112 Å². The molecular weight excluding hydrogens is 226 g/mol. The molecule has 0 atom stereocenters. The van der Waals surface area contributed by atoms with Gasteiger partial charge in [0.1, 0.15) is 0 Å². The van der Waals surface area contributed by atoms with Gasteiger partial charge < -0.3 is 10.2 Å². The van der Waals surface area contributed by atoms with E-state index in [1.807, 2.05) is 26.0 Å². The molecule has 4 heteroatoms. The highest BCUT2D eigenvalue weighted by Gasteiger charge is 2.22. The fourth-order valence-corrected chi connectivity index (χ4v) is 2.62. The monoisotopic (exact) mass is 255 g/mol. The van der Waals surface area contributed by atoms with Gasteiger partial charge in [0, 0.05) is 13.1 Å². The zero-order valence-electron chi connectivity index (χ0n) is 12.2. The first-order chi connectivity index (χ1) is 8.65. The minimum absolute atomic E-state index is 0.272. The van der Waals surface area contributed by atoms with E-state index >= 15 is 0 Å². The van der Waals surface area contributed by atoms with Crippen LogP contribution in [0.25, 0.3) is 0 Å². The van der Waals surface area contributed by atoms with Gasteiger partial charge in [0.2, 0.25) is 5.91 Å². The van der Waals surface area contributed by atoms with Crippen molar-refractivity contribution in [3.8, 4) is 0 Å². The van der Waals surface area contributed by atoms with E-state index < -0.39 is 0 Å². The topological polar surface area (TPSA) is 35.6 Å². The minimum Gasteiger partial charge on any atom is -0.342 e. The Kier molecular flexibility index (Phi) is 7.28. The third-order valence-electron chi connectivity index (χ3n) is 3.89. The van der Waals surface area contributed by atoms with Crippen LogP contribution in [0.3, 0.4) is 0 Å². The first-order valence-corrected chi connectivity index (χ1v) is 7.24. The van der Waals surface area contributed by atoms with Crippen molar-refractivity contribution in [2.24, 2.45) is 0 Å². The number of hydrogen-bond acceptors (Lipinski definition) is 3. The quantitative estimate of drug-likeness (QED) is 0.697. The molecule has 0 aromatic rings. The number of amides is 1. The first-order valence-electron chi connectivity index (χ1n) is 7.24. The smallest absolute Gasteiger partial charge is 0.236 e. The number of likely N-dealkylation sites (N-methyl/N-ethyl adjacent to an activating group) is 2.